The number of hydrogen-bond donors (Lipinski definition) is 1. The maximum absolute atomic E-state index is 12.6. The zero-order chi connectivity index (χ0) is 14.0. The molecule has 2 heterocycles. The highest BCUT2D eigenvalue weighted by Crippen LogP contribution is 2.27. The van der Waals surface area contributed by atoms with E-state index in [4.69, 9.17) is 17.3 Å². The van der Waals surface area contributed by atoms with E-state index in [1.165, 1.54) is 10.6 Å². The molecule has 0 atom stereocenters. The summed E-state index contributed by atoms with van der Waals surface area (Å²) in [5.74, 6) is 5.05. The quantitative estimate of drug-likeness (QED) is 0.627. The fourth-order valence-corrected chi connectivity index (χ4v) is 1.90. The highest BCUT2D eigenvalue weighted by atomic mass is 35.5. The number of alkyl halides is 3. The van der Waals surface area contributed by atoms with E-state index in [1.807, 2.05) is 0 Å². The van der Waals surface area contributed by atoms with Crippen LogP contribution in [0.15, 0.2) is 18.2 Å². The molecule has 9 heteroatoms. The van der Waals surface area contributed by atoms with Crippen LogP contribution in [-0.4, -0.2) is 22.3 Å². The van der Waals surface area contributed by atoms with Crippen molar-refractivity contribution in [3.63, 3.8) is 0 Å². The van der Waals surface area contributed by atoms with Crippen LogP contribution in [0.2, 0.25) is 5.15 Å². The fourth-order valence-electron chi connectivity index (χ4n) is 1.70. The van der Waals surface area contributed by atoms with Gasteiger partial charge in [-0.25, -0.2) is 4.52 Å². The van der Waals surface area contributed by atoms with E-state index >= 15 is 0 Å². The third-order valence-corrected chi connectivity index (χ3v) is 2.69. The molecule has 0 amide bonds. The minimum atomic E-state index is -4.34. The van der Waals surface area contributed by atoms with Gasteiger partial charge in [0.15, 0.2) is 0 Å². The van der Waals surface area contributed by atoms with Gasteiger partial charge in [0, 0.05) is 5.56 Å². The Hall–Kier alpha value is -1.13. The van der Waals surface area contributed by atoms with E-state index < -0.39 is 12.6 Å². The second kappa shape index (κ2) is 7.76. The van der Waals surface area contributed by atoms with Crippen LogP contribution in [0.4, 0.5) is 13.2 Å². The number of pyridine rings is 1. The van der Waals surface area contributed by atoms with Crippen molar-refractivity contribution >= 4 is 41.9 Å². The molecule has 2 aromatic rings. The molecular formula is C12H11Cl3F3N3. The summed E-state index contributed by atoms with van der Waals surface area (Å²) in [4.78, 5) is 0. The largest absolute Gasteiger partial charge is 0.393 e. The molecule has 0 saturated carbocycles. The van der Waals surface area contributed by atoms with E-state index in [9.17, 15) is 13.2 Å². The Morgan fingerprint density at radius 1 is 1.29 bits per heavy atom. The van der Waals surface area contributed by atoms with Crippen LogP contribution in [0.1, 0.15) is 11.3 Å². The van der Waals surface area contributed by atoms with E-state index in [2.05, 4.69) is 16.9 Å². The summed E-state index contributed by atoms with van der Waals surface area (Å²) in [5.41, 5.74) is 5.58. The number of fused-ring (bicyclic) bond motifs is 1. The lowest BCUT2D eigenvalue weighted by atomic mass is 10.1. The van der Waals surface area contributed by atoms with Crippen LogP contribution in [0.5, 0.6) is 0 Å². The molecule has 0 aliphatic rings. The van der Waals surface area contributed by atoms with Gasteiger partial charge in [-0.05, 0) is 18.1 Å². The molecule has 0 unspecified atom stereocenters. The second-order valence-electron chi connectivity index (χ2n) is 3.77. The third-order valence-electron chi connectivity index (χ3n) is 2.40. The molecule has 2 N–H and O–H groups in total. The van der Waals surface area contributed by atoms with Gasteiger partial charge < -0.3 is 5.73 Å². The summed E-state index contributed by atoms with van der Waals surface area (Å²) in [6, 6.07) is 4.63. The van der Waals surface area contributed by atoms with Gasteiger partial charge in [-0.1, -0.05) is 23.6 Å². The van der Waals surface area contributed by atoms with Gasteiger partial charge in [0.2, 0.25) is 0 Å². The topological polar surface area (TPSA) is 43.3 Å². The lowest BCUT2D eigenvalue weighted by molar-refractivity contribution is -0.127. The van der Waals surface area contributed by atoms with Gasteiger partial charge in [0.05, 0.1) is 18.5 Å². The van der Waals surface area contributed by atoms with E-state index in [1.54, 1.807) is 12.1 Å². The number of hydrogen-bond acceptors (Lipinski definition) is 2. The molecule has 0 aliphatic carbocycles. The fraction of sp³-hybridized carbons (Fsp3) is 0.250. The van der Waals surface area contributed by atoms with Crippen LogP contribution in [0, 0.1) is 11.8 Å². The number of halogens is 6. The van der Waals surface area contributed by atoms with Gasteiger partial charge in [0.25, 0.3) is 0 Å². The monoisotopic (exact) mass is 359 g/mol. The van der Waals surface area contributed by atoms with Crippen molar-refractivity contribution in [2.45, 2.75) is 12.6 Å². The van der Waals surface area contributed by atoms with E-state index in [0.29, 0.717) is 5.52 Å². The molecule has 2 aromatic heterocycles. The summed E-state index contributed by atoms with van der Waals surface area (Å²) in [6.07, 6.45) is -5.45. The summed E-state index contributed by atoms with van der Waals surface area (Å²) >= 11 is 5.89. The zero-order valence-corrected chi connectivity index (χ0v) is 12.8. The Kier molecular flexibility index (Phi) is 7.34. The van der Waals surface area contributed by atoms with Crippen LogP contribution in [0.3, 0.4) is 0 Å². The molecule has 0 fully saturated rings. The minimum absolute atomic E-state index is 0. The lowest BCUT2D eigenvalue weighted by Gasteiger charge is -2.05. The molecule has 0 saturated heterocycles. The first kappa shape index (κ1) is 19.9. The normalized spacial score (nSPS) is 10.3. The van der Waals surface area contributed by atoms with Crippen molar-refractivity contribution < 1.29 is 13.2 Å². The Bertz CT molecular complexity index is 671. The Labute approximate surface area is 136 Å². The predicted molar refractivity (Wildman–Crippen MR) is 80.4 cm³/mol. The first-order valence-electron chi connectivity index (χ1n) is 5.34. The van der Waals surface area contributed by atoms with E-state index in [-0.39, 0.29) is 47.8 Å². The second-order valence-corrected chi connectivity index (χ2v) is 4.16. The molecule has 0 bridgehead atoms. The van der Waals surface area contributed by atoms with Crippen molar-refractivity contribution in [2.75, 3.05) is 6.54 Å². The van der Waals surface area contributed by atoms with Crippen molar-refractivity contribution in [2.24, 2.45) is 5.73 Å². The molecule has 0 radical (unpaired) electrons. The highest BCUT2D eigenvalue weighted by Gasteiger charge is 2.31. The van der Waals surface area contributed by atoms with Gasteiger partial charge in [-0.2, -0.15) is 18.3 Å². The molecule has 0 aromatic carbocycles. The lowest BCUT2D eigenvalue weighted by Crippen LogP contribution is -2.12. The molecule has 0 spiro atoms. The van der Waals surface area contributed by atoms with Gasteiger partial charge in [-0.3, -0.25) is 0 Å². The maximum atomic E-state index is 12.6. The predicted octanol–water partition coefficient (Wildman–Crippen LogP) is 3.25. The molecule has 3 nitrogen and oxygen atoms in total. The zero-order valence-electron chi connectivity index (χ0n) is 10.4. The van der Waals surface area contributed by atoms with E-state index in [0.717, 1.165) is 0 Å². The Morgan fingerprint density at radius 2 is 1.95 bits per heavy atom. The number of rotatable bonds is 1. The molecule has 116 valence electrons. The standard InChI is InChI=1S/C12H9ClF3N3.2ClH/c13-11-5-1-4-10-8(7-12(14,15)16)9(3-2-6-17)18-19(10)11;;/h1,4-5H,6-7,17H2;2*1H. The van der Waals surface area contributed by atoms with Crippen LogP contribution >= 0.6 is 36.4 Å². The summed E-state index contributed by atoms with van der Waals surface area (Å²) in [7, 11) is 0. The Balaban J connectivity index is 0.00000200. The molecular weight excluding hydrogens is 350 g/mol. The molecule has 0 aliphatic heterocycles. The molecule has 21 heavy (non-hydrogen) atoms. The third kappa shape index (κ3) is 4.68. The van der Waals surface area contributed by atoms with Gasteiger partial charge in [0.1, 0.15) is 10.8 Å². The first-order valence-corrected chi connectivity index (χ1v) is 5.72. The van der Waals surface area contributed by atoms with Crippen LogP contribution in [-0.2, 0) is 6.42 Å². The highest BCUT2D eigenvalue weighted by molar-refractivity contribution is 6.29. The maximum Gasteiger partial charge on any atom is 0.393 e. The van der Waals surface area contributed by atoms with Crippen molar-refractivity contribution in [1.29, 1.82) is 0 Å². The number of nitrogens with zero attached hydrogens (tertiary/aromatic N) is 2. The van der Waals surface area contributed by atoms with Crippen LogP contribution < -0.4 is 5.73 Å². The summed E-state index contributed by atoms with van der Waals surface area (Å²) in [6.45, 7) is 0.0487. The number of aromatic nitrogens is 2. The van der Waals surface area contributed by atoms with Crippen LogP contribution in [0.25, 0.3) is 5.52 Å². The average Bonchev–Trinajstić information content (AvgIpc) is 2.65. The average molecular weight is 361 g/mol. The molecule has 2 rings (SSSR count). The van der Waals surface area contributed by atoms with Crippen molar-refractivity contribution in [3.05, 3.63) is 34.6 Å². The van der Waals surface area contributed by atoms with Crippen molar-refractivity contribution in [1.82, 2.24) is 9.61 Å². The summed E-state index contributed by atoms with van der Waals surface area (Å²) in [5, 5.41) is 4.21. The smallest absolute Gasteiger partial charge is 0.320 e. The van der Waals surface area contributed by atoms with Gasteiger partial charge in [-0.15, -0.1) is 24.8 Å². The minimum Gasteiger partial charge on any atom is -0.320 e. The number of nitrogens with two attached hydrogens (primary N) is 1. The first-order chi connectivity index (χ1) is 8.92. The van der Waals surface area contributed by atoms with Gasteiger partial charge >= 0.3 is 6.18 Å². The van der Waals surface area contributed by atoms with Crippen molar-refractivity contribution in [3.8, 4) is 11.8 Å². The summed E-state index contributed by atoms with van der Waals surface area (Å²) < 4.78 is 39.1. The Morgan fingerprint density at radius 3 is 2.52 bits per heavy atom. The SMILES string of the molecule is Cl.Cl.NCC#Cc1nn2c(Cl)cccc2c1CC(F)(F)F.